The first-order valence-electron chi connectivity index (χ1n) is 9.07. The van der Waals surface area contributed by atoms with Crippen LogP contribution in [0, 0.1) is 0 Å². The Balaban J connectivity index is 1.70. The molecule has 0 saturated carbocycles. The van der Waals surface area contributed by atoms with Gasteiger partial charge in [-0.15, -0.1) is 10.2 Å². The topological polar surface area (TPSA) is 77.6 Å². The summed E-state index contributed by atoms with van der Waals surface area (Å²) in [6.45, 7) is 6.00. The Morgan fingerprint density at radius 2 is 1.93 bits per heavy atom. The van der Waals surface area contributed by atoms with Crippen molar-refractivity contribution in [2.45, 2.75) is 43.6 Å². The van der Waals surface area contributed by atoms with Gasteiger partial charge in [0, 0.05) is 23.7 Å². The zero-order valence-electron chi connectivity index (χ0n) is 16.3. The molecule has 0 bridgehead atoms. The minimum atomic E-state index is -0.346. The fraction of sp³-hybridized carbons (Fsp3) is 0.368. The molecule has 2 atom stereocenters. The van der Waals surface area contributed by atoms with Crippen molar-refractivity contribution in [1.82, 2.24) is 24.5 Å². The number of benzene rings is 1. The number of carbonyl (C=O) groups excluding carboxylic acids is 1. The normalized spacial score (nSPS) is 13.3. The van der Waals surface area contributed by atoms with Gasteiger partial charge in [-0.1, -0.05) is 30.3 Å². The fourth-order valence-corrected chi connectivity index (χ4v) is 3.59. The number of halogens is 1. The Labute approximate surface area is 173 Å². The summed E-state index contributed by atoms with van der Waals surface area (Å²) in [4.78, 5) is 12.7. The average molecular weight is 419 g/mol. The lowest BCUT2D eigenvalue weighted by molar-refractivity contribution is -0.115. The number of nitrogens with one attached hydrogen (secondary N) is 1. The van der Waals surface area contributed by atoms with Crippen LogP contribution < -0.4 is 5.32 Å². The van der Waals surface area contributed by atoms with E-state index in [0.717, 1.165) is 17.8 Å². The Bertz CT molecular complexity index is 952. The van der Waals surface area contributed by atoms with Gasteiger partial charge in [-0.25, -0.2) is 4.68 Å². The van der Waals surface area contributed by atoms with E-state index in [1.807, 2.05) is 53.6 Å². The van der Waals surface area contributed by atoms with E-state index in [2.05, 4.69) is 34.5 Å². The molecule has 1 aromatic carbocycles. The molecular formula is C19H23ClN6OS. The molecule has 0 saturated heterocycles. The van der Waals surface area contributed by atoms with Crippen LogP contribution >= 0.6 is 23.4 Å². The van der Waals surface area contributed by atoms with E-state index in [0.29, 0.717) is 16.0 Å². The molecule has 0 aliphatic heterocycles. The molecule has 1 amide bonds. The Hall–Kier alpha value is -2.32. The van der Waals surface area contributed by atoms with Gasteiger partial charge in [-0.3, -0.25) is 4.79 Å². The van der Waals surface area contributed by atoms with E-state index in [9.17, 15) is 4.79 Å². The average Bonchev–Trinajstić information content (AvgIpc) is 3.29. The van der Waals surface area contributed by atoms with Crippen molar-refractivity contribution >= 4 is 35.1 Å². The van der Waals surface area contributed by atoms with E-state index in [-0.39, 0.29) is 17.2 Å². The minimum absolute atomic E-state index is 0.105. The van der Waals surface area contributed by atoms with E-state index in [4.69, 9.17) is 11.6 Å². The fourth-order valence-electron chi connectivity index (χ4n) is 2.64. The number of thioether (sulfide) groups is 1. The van der Waals surface area contributed by atoms with Crippen LogP contribution in [-0.2, 0) is 11.8 Å². The molecule has 2 aromatic heterocycles. The van der Waals surface area contributed by atoms with Crippen LogP contribution in [0.25, 0.3) is 11.4 Å². The summed E-state index contributed by atoms with van der Waals surface area (Å²) in [5.41, 5.74) is 0.917. The Morgan fingerprint density at radius 1 is 1.21 bits per heavy atom. The Morgan fingerprint density at radius 3 is 2.61 bits per heavy atom. The third-order valence-electron chi connectivity index (χ3n) is 4.52. The molecule has 7 nitrogen and oxygen atoms in total. The second kappa shape index (κ2) is 8.79. The summed E-state index contributed by atoms with van der Waals surface area (Å²) < 4.78 is 3.71. The second-order valence-corrected chi connectivity index (χ2v) is 8.28. The molecule has 2 heterocycles. The lowest BCUT2D eigenvalue weighted by atomic mass is 10.2. The van der Waals surface area contributed by atoms with Crippen molar-refractivity contribution < 1.29 is 4.79 Å². The number of hydrogen-bond acceptors (Lipinski definition) is 5. The van der Waals surface area contributed by atoms with Gasteiger partial charge in [-0.05, 0) is 44.5 Å². The van der Waals surface area contributed by atoms with Crippen LogP contribution in [0.2, 0.25) is 5.02 Å². The number of carbonyl (C=O) groups is 1. The van der Waals surface area contributed by atoms with Crippen LogP contribution in [0.15, 0.2) is 41.7 Å². The Kier molecular flexibility index (Phi) is 6.41. The monoisotopic (exact) mass is 418 g/mol. The number of amides is 1. The van der Waals surface area contributed by atoms with Gasteiger partial charge in [0.05, 0.1) is 17.5 Å². The summed E-state index contributed by atoms with van der Waals surface area (Å²) in [7, 11) is 1.88. The lowest BCUT2D eigenvalue weighted by Gasteiger charge is -2.16. The maximum Gasteiger partial charge on any atom is 0.238 e. The van der Waals surface area contributed by atoms with Crippen LogP contribution in [0.5, 0.6) is 0 Å². The van der Waals surface area contributed by atoms with Crippen molar-refractivity contribution in [1.29, 1.82) is 0 Å². The van der Waals surface area contributed by atoms with E-state index in [1.165, 1.54) is 11.8 Å². The summed E-state index contributed by atoms with van der Waals surface area (Å²) >= 11 is 7.31. The lowest BCUT2D eigenvalue weighted by Crippen LogP contribution is -2.25. The van der Waals surface area contributed by atoms with Crippen molar-refractivity contribution in [3.63, 3.8) is 0 Å². The van der Waals surface area contributed by atoms with Gasteiger partial charge in [-0.2, -0.15) is 5.10 Å². The highest BCUT2D eigenvalue weighted by molar-refractivity contribution is 8.00. The molecule has 28 heavy (non-hydrogen) atoms. The molecule has 0 spiro atoms. The molecule has 0 aliphatic rings. The highest BCUT2D eigenvalue weighted by Crippen LogP contribution is 2.27. The minimum Gasteiger partial charge on any atom is -0.310 e. The van der Waals surface area contributed by atoms with Gasteiger partial charge in [0.15, 0.2) is 11.0 Å². The van der Waals surface area contributed by atoms with Gasteiger partial charge < -0.3 is 9.88 Å². The maximum absolute atomic E-state index is 12.7. The molecule has 3 aromatic rings. The maximum atomic E-state index is 12.7. The highest BCUT2D eigenvalue weighted by Gasteiger charge is 2.21. The number of nitrogens with zero attached hydrogens (tertiary/aromatic N) is 5. The standard InChI is InChI=1S/C19H23ClN6OS/c1-5-12(2)26-16(10-11-21-26)22-18(27)13(3)28-19-24-23-17(25(19)4)14-6-8-15(20)9-7-14/h6-13H,5H2,1-4H3,(H,22,27)/t12-,13+/m1/s1. The predicted molar refractivity (Wildman–Crippen MR) is 113 cm³/mol. The molecule has 0 fully saturated rings. The van der Waals surface area contributed by atoms with Crippen LogP contribution in [-0.4, -0.2) is 35.7 Å². The second-order valence-electron chi connectivity index (χ2n) is 6.54. The van der Waals surface area contributed by atoms with Gasteiger partial charge in [0.25, 0.3) is 0 Å². The quantitative estimate of drug-likeness (QED) is 0.574. The molecular weight excluding hydrogens is 396 g/mol. The molecule has 9 heteroatoms. The molecule has 0 aliphatic carbocycles. The summed E-state index contributed by atoms with van der Waals surface area (Å²) in [5, 5.41) is 16.7. The van der Waals surface area contributed by atoms with Crippen LogP contribution in [0.3, 0.4) is 0 Å². The molecule has 148 valence electrons. The van der Waals surface area contributed by atoms with Crippen molar-refractivity contribution in [2.75, 3.05) is 5.32 Å². The molecule has 3 rings (SSSR count). The van der Waals surface area contributed by atoms with Gasteiger partial charge in [0.2, 0.25) is 5.91 Å². The number of anilines is 1. The zero-order valence-corrected chi connectivity index (χ0v) is 17.8. The van der Waals surface area contributed by atoms with E-state index < -0.39 is 0 Å². The van der Waals surface area contributed by atoms with Crippen LogP contribution in [0.1, 0.15) is 33.2 Å². The predicted octanol–water partition coefficient (Wildman–Crippen LogP) is 4.42. The smallest absolute Gasteiger partial charge is 0.238 e. The van der Waals surface area contributed by atoms with Crippen molar-refractivity contribution in [3.05, 3.63) is 41.6 Å². The molecule has 0 radical (unpaired) electrons. The largest absolute Gasteiger partial charge is 0.310 e. The van der Waals surface area contributed by atoms with Crippen LogP contribution in [0.4, 0.5) is 5.82 Å². The zero-order chi connectivity index (χ0) is 20.3. The van der Waals surface area contributed by atoms with Crippen molar-refractivity contribution in [2.24, 2.45) is 7.05 Å². The number of hydrogen-bond donors (Lipinski definition) is 1. The summed E-state index contributed by atoms with van der Waals surface area (Å²) in [5.74, 6) is 1.32. The third kappa shape index (κ3) is 4.39. The van der Waals surface area contributed by atoms with Gasteiger partial charge in [0.1, 0.15) is 5.82 Å². The summed E-state index contributed by atoms with van der Waals surface area (Å²) in [6.07, 6.45) is 2.63. The number of rotatable bonds is 7. The first kappa shape index (κ1) is 20.4. The SMILES string of the molecule is CC[C@@H](C)n1nccc1NC(=O)[C@H](C)Sc1nnc(-c2ccc(Cl)cc2)n1C. The molecule has 0 unspecified atom stereocenters. The number of aromatic nitrogens is 5. The summed E-state index contributed by atoms with van der Waals surface area (Å²) in [6, 6.07) is 9.44. The highest BCUT2D eigenvalue weighted by atomic mass is 35.5. The van der Waals surface area contributed by atoms with Gasteiger partial charge >= 0.3 is 0 Å². The third-order valence-corrected chi connectivity index (χ3v) is 5.90. The first-order chi connectivity index (χ1) is 13.4. The molecule has 1 N–H and O–H groups in total. The van der Waals surface area contributed by atoms with E-state index in [1.54, 1.807) is 6.20 Å². The van der Waals surface area contributed by atoms with Crippen molar-refractivity contribution in [3.8, 4) is 11.4 Å². The van der Waals surface area contributed by atoms with E-state index >= 15 is 0 Å². The first-order valence-corrected chi connectivity index (χ1v) is 10.3.